The Kier molecular flexibility index (Phi) is 7.06. The average molecular weight is 487 g/mol. The van der Waals surface area contributed by atoms with Gasteiger partial charge in [0.25, 0.3) is 0 Å². The van der Waals surface area contributed by atoms with Crippen LogP contribution < -0.4 is 0 Å². The number of amides is 2. The molecule has 0 bridgehead atoms. The van der Waals surface area contributed by atoms with E-state index in [1.165, 1.54) is 11.1 Å². The number of hydrogen-bond acceptors (Lipinski definition) is 4. The molecule has 1 N–H and O–H groups in total. The molecule has 5 rings (SSSR count). The highest BCUT2D eigenvalue weighted by Gasteiger charge is 2.37. The fourth-order valence-corrected chi connectivity index (χ4v) is 5.89. The Morgan fingerprint density at radius 3 is 2.29 bits per heavy atom. The van der Waals surface area contributed by atoms with Gasteiger partial charge in [0.2, 0.25) is 0 Å². The fourth-order valence-electron chi connectivity index (χ4n) is 5.71. The van der Waals surface area contributed by atoms with Crippen LogP contribution in [0.3, 0.4) is 0 Å². The second kappa shape index (κ2) is 10.2. The summed E-state index contributed by atoms with van der Waals surface area (Å²) in [6.45, 7) is 7.40. The molecule has 2 heterocycles. The smallest absolute Gasteiger partial charge is 0.320 e. The Morgan fingerprint density at radius 1 is 0.882 bits per heavy atom. The molecule has 8 heteroatoms. The number of carbonyl (C=O) groups is 1. The van der Waals surface area contributed by atoms with Gasteiger partial charge in [0.15, 0.2) is 0 Å². The van der Waals surface area contributed by atoms with Crippen molar-refractivity contribution in [3.63, 3.8) is 0 Å². The van der Waals surface area contributed by atoms with E-state index in [9.17, 15) is 9.18 Å². The third kappa shape index (κ3) is 4.80. The number of nitrogens with zero attached hydrogens (tertiary/aromatic N) is 4. The molecule has 2 amide bonds. The first kappa shape index (κ1) is 23.5. The summed E-state index contributed by atoms with van der Waals surface area (Å²) in [7, 11) is 0. The number of carbonyl (C=O) groups excluding carboxylic acids is 1. The number of fused-ring (bicyclic) bond motifs is 1. The molecule has 0 unspecified atom stereocenters. The molecule has 1 aliphatic carbocycles. The maximum atomic E-state index is 13.5. The van der Waals surface area contributed by atoms with Crippen LogP contribution in [0.4, 0.5) is 9.18 Å². The SMILES string of the molecule is O=C1N(CCO)CCN1CCN1CCN([C@H]2C[C@H](c3ccc(F)cc3)c3cc(Cl)ccc32)CC1. The number of piperazine rings is 1. The summed E-state index contributed by atoms with van der Waals surface area (Å²) in [6.07, 6.45) is 0.976. The maximum absolute atomic E-state index is 13.5. The number of aliphatic hydroxyl groups excluding tert-OH is 1. The lowest BCUT2D eigenvalue weighted by Crippen LogP contribution is -2.49. The van der Waals surface area contributed by atoms with Crippen LogP contribution in [0.2, 0.25) is 5.02 Å². The van der Waals surface area contributed by atoms with Crippen molar-refractivity contribution in [3.05, 3.63) is 70.0 Å². The molecule has 2 saturated heterocycles. The Balaban J connectivity index is 1.20. The van der Waals surface area contributed by atoms with Crippen molar-refractivity contribution in [1.29, 1.82) is 0 Å². The first-order valence-corrected chi connectivity index (χ1v) is 12.6. The maximum Gasteiger partial charge on any atom is 0.320 e. The van der Waals surface area contributed by atoms with E-state index in [0.717, 1.165) is 62.8 Å². The van der Waals surface area contributed by atoms with Gasteiger partial charge >= 0.3 is 6.03 Å². The number of hydrogen-bond donors (Lipinski definition) is 1. The van der Waals surface area contributed by atoms with Crippen LogP contribution in [0.25, 0.3) is 0 Å². The fraction of sp³-hybridized carbons (Fsp3) is 0.500. The van der Waals surface area contributed by atoms with E-state index in [4.69, 9.17) is 16.7 Å². The summed E-state index contributed by atoms with van der Waals surface area (Å²) < 4.78 is 13.5. The van der Waals surface area contributed by atoms with E-state index < -0.39 is 0 Å². The lowest BCUT2D eigenvalue weighted by molar-refractivity contribution is 0.0900. The summed E-state index contributed by atoms with van der Waals surface area (Å²) in [5.74, 6) is 0.0119. The Bertz CT molecular complexity index is 1010. The van der Waals surface area contributed by atoms with Gasteiger partial charge in [-0.25, -0.2) is 9.18 Å². The van der Waals surface area contributed by atoms with Gasteiger partial charge in [-0.05, 0) is 47.4 Å². The number of aliphatic hydroxyl groups is 1. The molecular formula is C26H32ClFN4O2. The molecule has 2 atom stereocenters. The van der Waals surface area contributed by atoms with E-state index in [2.05, 4.69) is 21.9 Å². The van der Waals surface area contributed by atoms with Gasteiger partial charge < -0.3 is 14.9 Å². The number of benzene rings is 2. The Labute approximate surface area is 205 Å². The van der Waals surface area contributed by atoms with Gasteiger partial charge in [-0.1, -0.05) is 29.8 Å². The van der Waals surface area contributed by atoms with Gasteiger partial charge in [-0.2, -0.15) is 0 Å². The van der Waals surface area contributed by atoms with E-state index in [1.54, 1.807) is 17.0 Å². The van der Waals surface area contributed by atoms with Crippen LogP contribution in [-0.4, -0.2) is 96.2 Å². The molecule has 182 valence electrons. The molecule has 2 fully saturated rings. The van der Waals surface area contributed by atoms with Gasteiger partial charge in [0.1, 0.15) is 5.82 Å². The lowest BCUT2D eigenvalue weighted by Gasteiger charge is -2.39. The van der Waals surface area contributed by atoms with E-state index in [0.29, 0.717) is 19.1 Å². The molecular weight excluding hydrogens is 455 g/mol. The monoisotopic (exact) mass is 486 g/mol. The van der Waals surface area contributed by atoms with Crippen LogP contribution in [-0.2, 0) is 0 Å². The van der Waals surface area contributed by atoms with Gasteiger partial charge in [-0.3, -0.25) is 9.80 Å². The molecule has 0 saturated carbocycles. The number of halogens is 2. The van der Waals surface area contributed by atoms with E-state index in [-0.39, 0.29) is 24.4 Å². The van der Waals surface area contributed by atoms with Crippen LogP contribution >= 0.6 is 11.6 Å². The number of β-amino-alcohol motifs (C(OH)–C–C–N with tert-alkyl or cyclic N) is 1. The second-order valence-electron chi connectivity index (χ2n) is 9.49. The molecule has 0 aromatic heterocycles. The third-order valence-electron chi connectivity index (χ3n) is 7.60. The minimum Gasteiger partial charge on any atom is -0.395 e. The van der Waals surface area contributed by atoms with Crippen LogP contribution in [0.5, 0.6) is 0 Å². The highest BCUT2D eigenvalue weighted by Crippen LogP contribution is 2.47. The zero-order valence-corrected chi connectivity index (χ0v) is 20.1. The molecule has 2 aromatic carbocycles. The third-order valence-corrected chi connectivity index (χ3v) is 7.83. The molecule has 34 heavy (non-hydrogen) atoms. The molecule has 6 nitrogen and oxygen atoms in total. The molecule has 2 aromatic rings. The van der Waals surface area contributed by atoms with Crippen molar-refractivity contribution in [1.82, 2.24) is 19.6 Å². The van der Waals surface area contributed by atoms with Crippen LogP contribution in [0.1, 0.15) is 35.1 Å². The second-order valence-corrected chi connectivity index (χ2v) is 9.92. The number of rotatable bonds is 7. The summed E-state index contributed by atoms with van der Waals surface area (Å²) in [5.41, 5.74) is 3.72. The first-order valence-electron chi connectivity index (χ1n) is 12.2. The minimum absolute atomic E-state index is 0.0139. The van der Waals surface area contributed by atoms with Crippen molar-refractivity contribution in [2.24, 2.45) is 0 Å². The van der Waals surface area contributed by atoms with Crippen LogP contribution in [0.15, 0.2) is 42.5 Å². The van der Waals surface area contributed by atoms with E-state index >= 15 is 0 Å². The molecule has 3 aliphatic rings. The average Bonchev–Trinajstić information content (AvgIpc) is 3.39. The van der Waals surface area contributed by atoms with Crippen molar-refractivity contribution in [2.45, 2.75) is 18.4 Å². The molecule has 2 aliphatic heterocycles. The Morgan fingerprint density at radius 2 is 1.59 bits per heavy atom. The highest BCUT2D eigenvalue weighted by atomic mass is 35.5. The van der Waals surface area contributed by atoms with Crippen molar-refractivity contribution in [2.75, 3.05) is 65.5 Å². The lowest BCUT2D eigenvalue weighted by atomic mass is 9.93. The van der Waals surface area contributed by atoms with Gasteiger partial charge in [-0.15, -0.1) is 0 Å². The highest BCUT2D eigenvalue weighted by molar-refractivity contribution is 6.30. The number of urea groups is 1. The van der Waals surface area contributed by atoms with Crippen molar-refractivity contribution >= 4 is 17.6 Å². The minimum atomic E-state index is -0.211. The largest absolute Gasteiger partial charge is 0.395 e. The normalized spacial score (nSPS) is 23.7. The Hall–Kier alpha value is -2.19. The van der Waals surface area contributed by atoms with Crippen molar-refractivity contribution in [3.8, 4) is 0 Å². The van der Waals surface area contributed by atoms with Gasteiger partial charge in [0, 0.05) is 75.9 Å². The van der Waals surface area contributed by atoms with Crippen LogP contribution in [0, 0.1) is 5.82 Å². The zero-order valence-electron chi connectivity index (χ0n) is 19.4. The van der Waals surface area contributed by atoms with E-state index in [1.807, 2.05) is 23.1 Å². The predicted molar refractivity (Wildman–Crippen MR) is 131 cm³/mol. The summed E-state index contributed by atoms with van der Waals surface area (Å²) in [5, 5.41) is 9.84. The molecule has 0 radical (unpaired) electrons. The standard InChI is InChI=1S/C26H32ClFN4O2/c27-20-3-6-22-24(17-20)23(19-1-4-21(28)5-2-19)18-25(22)30-10-7-29(8-11-30)9-12-31-13-14-32(15-16-33)26(31)34/h1-6,17,23,25,33H,7-16,18H2/t23-,25+/m1/s1. The summed E-state index contributed by atoms with van der Waals surface area (Å²) >= 11 is 6.36. The quantitative estimate of drug-likeness (QED) is 0.651. The van der Waals surface area contributed by atoms with Gasteiger partial charge in [0.05, 0.1) is 6.61 Å². The van der Waals surface area contributed by atoms with Crippen molar-refractivity contribution < 1.29 is 14.3 Å². The first-order chi connectivity index (χ1) is 16.5. The molecule has 0 spiro atoms. The summed E-state index contributed by atoms with van der Waals surface area (Å²) in [6, 6.07) is 13.5. The predicted octanol–water partition coefficient (Wildman–Crippen LogP) is 3.40. The zero-order chi connectivity index (χ0) is 23.7. The summed E-state index contributed by atoms with van der Waals surface area (Å²) in [4.78, 5) is 21.0. The topological polar surface area (TPSA) is 50.3 Å².